The lowest BCUT2D eigenvalue weighted by Gasteiger charge is -2.23. The Morgan fingerprint density at radius 2 is 1.83 bits per heavy atom. The van der Waals surface area contributed by atoms with Gasteiger partial charge in [-0.15, -0.1) is 0 Å². The number of hydrogen-bond donors (Lipinski definition) is 0. The minimum Gasteiger partial charge on any atom is -0.457 e. The molecule has 0 aromatic heterocycles. The summed E-state index contributed by atoms with van der Waals surface area (Å²) in [5.74, 6) is -0.554. The first kappa shape index (κ1) is 21.7. The van der Waals surface area contributed by atoms with Crippen molar-refractivity contribution in [3.8, 4) is 0 Å². The van der Waals surface area contributed by atoms with Gasteiger partial charge in [0.15, 0.2) is 0 Å². The molecule has 158 valence electrons. The summed E-state index contributed by atoms with van der Waals surface area (Å²) in [6.07, 6.45) is 2.90. The van der Waals surface area contributed by atoms with Crippen LogP contribution in [0.3, 0.4) is 0 Å². The second-order valence-corrected chi connectivity index (χ2v) is 8.80. The molecular weight excluding hydrogens is 408 g/mol. The summed E-state index contributed by atoms with van der Waals surface area (Å²) < 4.78 is 32.8. The number of benzene rings is 2. The van der Waals surface area contributed by atoms with Crippen molar-refractivity contribution in [3.05, 3.63) is 81.9 Å². The van der Waals surface area contributed by atoms with Gasteiger partial charge in [-0.2, -0.15) is 4.31 Å². The van der Waals surface area contributed by atoms with Crippen molar-refractivity contribution >= 4 is 21.7 Å². The molecule has 8 nitrogen and oxygen atoms in total. The van der Waals surface area contributed by atoms with Crippen molar-refractivity contribution in [2.24, 2.45) is 0 Å². The first-order valence-corrected chi connectivity index (χ1v) is 10.9. The van der Waals surface area contributed by atoms with Gasteiger partial charge in [0.05, 0.1) is 9.82 Å². The van der Waals surface area contributed by atoms with Crippen molar-refractivity contribution in [2.45, 2.75) is 37.3 Å². The van der Waals surface area contributed by atoms with E-state index in [0.717, 1.165) is 24.1 Å². The Labute approximate surface area is 175 Å². The quantitative estimate of drug-likeness (QED) is 0.361. The fraction of sp³-hybridized carbons (Fsp3) is 0.286. The number of nitro benzene ring substituents is 1. The third kappa shape index (κ3) is 4.74. The molecule has 1 aliphatic rings. The molecule has 1 atom stereocenters. The molecule has 0 saturated heterocycles. The summed E-state index contributed by atoms with van der Waals surface area (Å²) in [4.78, 5) is 22.7. The van der Waals surface area contributed by atoms with Crippen molar-refractivity contribution in [1.82, 2.24) is 4.31 Å². The molecule has 9 heteroatoms. The molecule has 0 unspecified atom stereocenters. The van der Waals surface area contributed by atoms with E-state index in [9.17, 15) is 23.3 Å². The normalized spacial score (nSPS) is 16.8. The summed E-state index contributed by atoms with van der Waals surface area (Å²) in [7, 11) is -3.94. The molecule has 2 aromatic carbocycles. The number of ether oxygens (including phenoxy) is 1. The molecule has 0 fully saturated rings. The van der Waals surface area contributed by atoms with Crippen LogP contribution in [-0.2, 0) is 26.2 Å². The lowest BCUT2D eigenvalue weighted by atomic mass is 10.1. The maximum atomic E-state index is 13.1. The van der Waals surface area contributed by atoms with E-state index in [2.05, 4.69) is 0 Å². The van der Waals surface area contributed by atoms with Gasteiger partial charge in [0.2, 0.25) is 10.0 Å². The first-order chi connectivity index (χ1) is 14.3. The number of sulfonamides is 1. The van der Waals surface area contributed by atoms with Crippen LogP contribution in [0.5, 0.6) is 0 Å². The van der Waals surface area contributed by atoms with Crippen LogP contribution >= 0.6 is 0 Å². The van der Waals surface area contributed by atoms with Crippen LogP contribution in [0.4, 0.5) is 5.69 Å². The monoisotopic (exact) mass is 430 g/mol. The van der Waals surface area contributed by atoms with Gasteiger partial charge in [0.25, 0.3) is 5.69 Å². The maximum absolute atomic E-state index is 13.1. The van der Waals surface area contributed by atoms with E-state index in [4.69, 9.17) is 4.74 Å². The Kier molecular flexibility index (Phi) is 6.63. The zero-order chi connectivity index (χ0) is 21.7. The van der Waals surface area contributed by atoms with E-state index in [-0.39, 0.29) is 29.3 Å². The third-order valence-electron chi connectivity index (χ3n) is 4.80. The van der Waals surface area contributed by atoms with Gasteiger partial charge in [-0.25, -0.2) is 13.2 Å². The molecular formula is C21H22N2O6S. The minimum atomic E-state index is -3.94. The van der Waals surface area contributed by atoms with E-state index < -0.39 is 27.0 Å². The molecule has 30 heavy (non-hydrogen) atoms. The lowest BCUT2D eigenvalue weighted by molar-refractivity contribution is -0.384. The van der Waals surface area contributed by atoms with E-state index in [0.29, 0.717) is 6.42 Å². The standard InChI is InChI=1S/C21H22N2O6S/c1-2-6-19-13-17(21(24)29-15-16-7-4-3-5-8-16)14-22(19)30(27,28)20-11-9-18(10-12-20)23(25)26/h3-5,7-13,19H,2,6,14-15H2,1H3/t19-/m0/s1. The summed E-state index contributed by atoms with van der Waals surface area (Å²) >= 11 is 0. The average molecular weight is 430 g/mol. The Morgan fingerprint density at radius 3 is 2.43 bits per heavy atom. The maximum Gasteiger partial charge on any atom is 0.335 e. The number of carbonyl (C=O) groups is 1. The van der Waals surface area contributed by atoms with Crippen LogP contribution in [0.1, 0.15) is 25.3 Å². The Bertz CT molecular complexity index is 1050. The second kappa shape index (κ2) is 9.19. The fourth-order valence-corrected chi connectivity index (χ4v) is 4.85. The fourth-order valence-electron chi connectivity index (χ4n) is 3.26. The Morgan fingerprint density at radius 1 is 1.17 bits per heavy atom. The molecule has 0 saturated carbocycles. The zero-order valence-corrected chi connectivity index (χ0v) is 17.2. The predicted octanol–water partition coefficient (Wildman–Crippen LogP) is 3.44. The van der Waals surface area contributed by atoms with Gasteiger partial charge in [0, 0.05) is 30.3 Å². The highest BCUT2D eigenvalue weighted by Crippen LogP contribution is 2.29. The van der Waals surface area contributed by atoms with Crippen LogP contribution < -0.4 is 0 Å². The van der Waals surface area contributed by atoms with Crippen LogP contribution in [0.25, 0.3) is 0 Å². The van der Waals surface area contributed by atoms with Crippen LogP contribution in [0.2, 0.25) is 0 Å². The molecule has 1 aliphatic heterocycles. The van der Waals surface area contributed by atoms with Crippen LogP contribution in [0.15, 0.2) is 71.1 Å². The van der Waals surface area contributed by atoms with Crippen LogP contribution in [-0.4, -0.2) is 36.2 Å². The van der Waals surface area contributed by atoms with Gasteiger partial charge >= 0.3 is 5.97 Å². The highest BCUT2D eigenvalue weighted by molar-refractivity contribution is 7.89. The number of non-ortho nitro benzene ring substituents is 1. The van der Waals surface area contributed by atoms with Crippen molar-refractivity contribution in [3.63, 3.8) is 0 Å². The van der Waals surface area contributed by atoms with Gasteiger partial charge in [-0.05, 0) is 24.1 Å². The molecule has 0 spiro atoms. The zero-order valence-electron chi connectivity index (χ0n) is 16.4. The molecule has 0 amide bonds. The van der Waals surface area contributed by atoms with Crippen LogP contribution in [0, 0.1) is 10.1 Å². The predicted molar refractivity (Wildman–Crippen MR) is 110 cm³/mol. The van der Waals surface area contributed by atoms with Gasteiger partial charge in [-0.1, -0.05) is 49.8 Å². The molecule has 3 rings (SSSR count). The number of nitro groups is 1. The van der Waals surface area contributed by atoms with E-state index >= 15 is 0 Å². The smallest absolute Gasteiger partial charge is 0.335 e. The van der Waals surface area contributed by atoms with Gasteiger partial charge in [-0.3, -0.25) is 10.1 Å². The minimum absolute atomic E-state index is 0.0542. The Balaban J connectivity index is 1.76. The lowest BCUT2D eigenvalue weighted by Crippen LogP contribution is -2.36. The number of nitrogens with zero attached hydrogens (tertiary/aromatic N) is 2. The van der Waals surface area contributed by atoms with E-state index in [1.807, 2.05) is 37.3 Å². The molecule has 0 aliphatic carbocycles. The number of carbonyl (C=O) groups excluding carboxylic acids is 1. The average Bonchev–Trinajstić information content (AvgIpc) is 3.18. The van der Waals surface area contributed by atoms with Gasteiger partial charge < -0.3 is 4.74 Å². The van der Waals surface area contributed by atoms with Gasteiger partial charge in [0.1, 0.15) is 6.61 Å². The Hall–Kier alpha value is -3.04. The van der Waals surface area contributed by atoms with E-state index in [1.54, 1.807) is 6.08 Å². The summed E-state index contributed by atoms with van der Waals surface area (Å²) in [6.45, 7) is 1.93. The van der Waals surface area contributed by atoms with Crippen molar-refractivity contribution in [2.75, 3.05) is 6.54 Å². The summed E-state index contributed by atoms with van der Waals surface area (Å²) in [5.41, 5.74) is 0.934. The summed E-state index contributed by atoms with van der Waals surface area (Å²) in [6, 6.07) is 13.5. The second-order valence-electron chi connectivity index (χ2n) is 6.91. The molecule has 1 heterocycles. The highest BCUT2D eigenvalue weighted by atomic mass is 32.2. The molecule has 2 aromatic rings. The van der Waals surface area contributed by atoms with Crippen molar-refractivity contribution in [1.29, 1.82) is 0 Å². The van der Waals surface area contributed by atoms with E-state index in [1.165, 1.54) is 16.4 Å². The molecule has 0 radical (unpaired) electrons. The topological polar surface area (TPSA) is 107 Å². The summed E-state index contributed by atoms with van der Waals surface area (Å²) in [5, 5.41) is 10.8. The first-order valence-electron chi connectivity index (χ1n) is 9.51. The number of hydrogen-bond acceptors (Lipinski definition) is 6. The molecule has 0 bridgehead atoms. The van der Waals surface area contributed by atoms with Crippen molar-refractivity contribution < 1.29 is 22.9 Å². The largest absolute Gasteiger partial charge is 0.457 e. The number of esters is 1. The third-order valence-corrected chi connectivity index (χ3v) is 6.69. The number of rotatable bonds is 8. The SMILES string of the molecule is CCC[C@H]1C=C(C(=O)OCc2ccccc2)CN1S(=O)(=O)c1ccc([N+](=O)[O-])cc1. The highest BCUT2D eigenvalue weighted by Gasteiger charge is 2.37. The molecule has 0 N–H and O–H groups in total.